The Kier molecular flexibility index (Phi) is 11.8. The topological polar surface area (TPSA) is 148 Å². The van der Waals surface area contributed by atoms with Gasteiger partial charge in [0.05, 0.1) is 39.8 Å². The van der Waals surface area contributed by atoms with E-state index in [0.29, 0.717) is 35.2 Å². The second kappa shape index (κ2) is 16.4. The first kappa shape index (κ1) is 39.6. The predicted molar refractivity (Wildman–Crippen MR) is 202 cm³/mol. The highest BCUT2D eigenvalue weighted by atomic mass is 35.5. The molecule has 2 aromatic carbocycles. The molecule has 3 heterocycles. The number of Topliss-reactive ketones (excluding diaryl/α,β-unsaturated/α-hetero) is 1. The third-order valence-electron chi connectivity index (χ3n) is 12.1. The normalized spacial score (nSPS) is 27.8. The number of alkyl carbamates (subject to hydrolysis) is 1. The Bertz CT molecular complexity index is 1980. The number of nitrogens with one attached hydrogen (secondary N) is 1. The van der Waals surface area contributed by atoms with Crippen LogP contribution < -0.4 is 10.1 Å². The van der Waals surface area contributed by atoms with Gasteiger partial charge in [0.15, 0.2) is 5.78 Å². The Morgan fingerprint density at radius 1 is 1.00 bits per heavy atom. The lowest BCUT2D eigenvalue weighted by Gasteiger charge is -2.30. The number of carbonyl (C=O) groups excluding carboxylic acids is 3. The lowest BCUT2D eigenvalue weighted by Crippen LogP contribution is -2.52. The molecule has 6 atom stereocenters. The molecule has 1 aromatic heterocycles. The van der Waals surface area contributed by atoms with Crippen molar-refractivity contribution in [3.63, 3.8) is 0 Å². The first-order chi connectivity index (χ1) is 26.4. The van der Waals surface area contributed by atoms with Crippen molar-refractivity contribution < 1.29 is 42.1 Å². The monoisotopic (exact) mass is 800 g/mol. The molecule has 55 heavy (non-hydrogen) atoms. The fourth-order valence-corrected chi connectivity index (χ4v) is 11.8. The fourth-order valence-electron chi connectivity index (χ4n) is 8.90. The first-order valence-corrected chi connectivity index (χ1v) is 21.7. The molecule has 4 aliphatic rings. The van der Waals surface area contributed by atoms with Crippen LogP contribution in [0.3, 0.4) is 0 Å². The minimum atomic E-state index is -4.39. The van der Waals surface area contributed by atoms with Crippen LogP contribution in [0.15, 0.2) is 36.7 Å². The molecule has 3 aromatic rings. The maximum absolute atomic E-state index is 14.8. The van der Waals surface area contributed by atoms with E-state index >= 15 is 0 Å². The van der Waals surface area contributed by atoms with Crippen molar-refractivity contribution in [2.45, 2.75) is 132 Å². The Balaban J connectivity index is 1.20. The highest BCUT2D eigenvalue weighted by Crippen LogP contribution is 2.75. The number of benzene rings is 2. The molecular formula is C40H48ClF2N4O7P. The molecule has 4 fully saturated rings. The van der Waals surface area contributed by atoms with Gasteiger partial charge in [0.25, 0.3) is 0 Å². The average molecular weight is 801 g/mol. The molecule has 11 nitrogen and oxygen atoms in total. The zero-order valence-corrected chi connectivity index (χ0v) is 32.6. The highest BCUT2D eigenvalue weighted by Gasteiger charge is 2.66. The summed E-state index contributed by atoms with van der Waals surface area (Å²) in [6.07, 6.45) is 7.18. The Hall–Kier alpha value is -3.67. The van der Waals surface area contributed by atoms with E-state index in [2.05, 4.69) is 15.3 Å². The van der Waals surface area contributed by atoms with E-state index in [9.17, 15) is 32.6 Å². The number of carbonyl (C=O) groups is 3. The van der Waals surface area contributed by atoms with Gasteiger partial charge in [0, 0.05) is 18.4 Å². The largest absolute Gasteiger partial charge is 0.472 e. The van der Waals surface area contributed by atoms with Crippen molar-refractivity contribution in [2.75, 3.05) is 6.54 Å². The van der Waals surface area contributed by atoms with Crippen LogP contribution in [0.5, 0.6) is 5.88 Å². The van der Waals surface area contributed by atoms with Gasteiger partial charge in [-0.3, -0.25) is 14.2 Å². The summed E-state index contributed by atoms with van der Waals surface area (Å²) in [5.41, 5.74) is 0.829. The van der Waals surface area contributed by atoms with Gasteiger partial charge in [-0.05, 0) is 81.5 Å². The quantitative estimate of drug-likeness (QED) is 0.226. The average Bonchev–Trinajstić information content (AvgIpc) is 3.42. The fraction of sp³-hybridized carbons (Fsp3) is 0.575. The number of nitrogens with zero attached hydrogens (tertiary/aromatic N) is 3. The summed E-state index contributed by atoms with van der Waals surface area (Å²) in [7, 11) is -4.39. The molecule has 0 spiro atoms. The zero-order chi connectivity index (χ0) is 38.9. The molecule has 2 N–H and O–H groups in total. The van der Waals surface area contributed by atoms with Crippen molar-refractivity contribution >= 4 is 47.7 Å². The van der Waals surface area contributed by atoms with E-state index in [1.807, 2.05) is 13.0 Å². The Morgan fingerprint density at radius 2 is 1.69 bits per heavy atom. The Labute approximate surface area is 324 Å². The summed E-state index contributed by atoms with van der Waals surface area (Å²) in [6.45, 7) is 1.83. The number of amides is 2. The highest BCUT2D eigenvalue weighted by molar-refractivity contribution is 7.59. The molecule has 296 valence electrons. The first-order valence-electron chi connectivity index (χ1n) is 19.5. The smallest absolute Gasteiger partial charge is 0.408 e. The van der Waals surface area contributed by atoms with Crippen LogP contribution in [0.2, 0.25) is 5.02 Å². The predicted octanol–water partition coefficient (Wildman–Crippen LogP) is 8.19. The lowest BCUT2D eigenvalue weighted by atomic mass is 10.0. The maximum Gasteiger partial charge on any atom is 0.408 e. The van der Waals surface area contributed by atoms with Gasteiger partial charge < -0.3 is 24.6 Å². The molecule has 7 rings (SSSR count). The number of hydrogen-bond acceptors (Lipinski definition) is 8. The molecule has 2 aliphatic carbocycles. The minimum Gasteiger partial charge on any atom is -0.472 e. The number of halogens is 3. The zero-order valence-electron chi connectivity index (χ0n) is 31.0. The number of ketones is 1. The van der Waals surface area contributed by atoms with Gasteiger partial charge in [-0.25, -0.2) is 23.5 Å². The number of aryl methyl sites for hydroxylation is 1. The van der Waals surface area contributed by atoms with Crippen LogP contribution in [0, 0.1) is 24.5 Å². The molecule has 2 unspecified atom stereocenters. The number of fused-ring (bicyclic) bond motifs is 3. The van der Waals surface area contributed by atoms with Crippen molar-refractivity contribution in [1.82, 2.24) is 20.2 Å². The molecule has 2 aliphatic heterocycles. The van der Waals surface area contributed by atoms with E-state index < -0.39 is 71.9 Å². The SMILES string of the molecule is Cc1ccc2c(OC3C[C@H]4C(=O)C[C@]5(P(=O)(O)Cc6c(F)cccc6F)C[C@H]5CCCCCCC[C@H](NC(=O)OC5CCCC5)C(=O)N4C3)ncnc2c1Cl. The van der Waals surface area contributed by atoms with Crippen molar-refractivity contribution in [1.29, 1.82) is 0 Å². The molecule has 15 heteroatoms. The molecule has 0 radical (unpaired) electrons. The number of rotatable bonds is 7. The number of hydrogen-bond donors (Lipinski definition) is 2. The van der Waals surface area contributed by atoms with Crippen LogP contribution in [0.1, 0.15) is 101 Å². The van der Waals surface area contributed by atoms with Crippen molar-refractivity contribution in [3.8, 4) is 5.88 Å². The summed E-state index contributed by atoms with van der Waals surface area (Å²) in [6, 6.07) is 4.86. The summed E-state index contributed by atoms with van der Waals surface area (Å²) in [5.74, 6) is -2.84. The molecular weight excluding hydrogens is 753 g/mol. The van der Waals surface area contributed by atoms with Crippen LogP contribution in [-0.4, -0.2) is 73.5 Å². The standard InChI is InChI=1S/C40H48ClF2N4O7P/c1-24-16-17-28-36(35(24)41)44-23-45-37(28)53-27-18-33-34(48)20-40(55(51,52)22-29-30(42)13-9-14-31(29)43)19-25(40)10-5-3-2-4-6-15-32(38(49)47(33)21-27)46-39(50)54-26-11-7-8-12-26/h9,13-14,16-17,23,25-27,32-33H,2-8,10-12,15,18-22H2,1H3,(H,46,50)(H,51,52)/t25-,27?,32+,33+,40-/m1/s1. The van der Waals surface area contributed by atoms with Crippen LogP contribution >= 0.6 is 19.0 Å². The molecule has 0 bridgehead atoms. The number of ether oxygens (including phenoxy) is 2. The van der Waals surface area contributed by atoms with E-state index in [1.54, 1.807) is 6.07 Å². The summed E-state index contributed by atoms with van der Waals surface area (Å²) in [4.78, 5) is 64.2. The Morgan fingerprint density at radius 3 is 2.44 bits per heavy atom. The molecule has 2 saturated heterocycles. The van der Waals surface area contributed by atoms with E-state index in [4.69, 9.17) is 21.1 Å². The third-order valence-corrected chi connectivity index (χ3v) is 15.4. The summed E-state index contributed by atoms with van der Waals surface area (Å²) >= 11 is 6.55. The third kappa shape index (κ3) is 8.40. The van der Waals surface area contributed by atoms with Gasteiger partial charge in [-0.2, -0.15) is 0 Å². The summed E-state index contributed by atoms with van der Waals surface area (Å²) in [5, 5.41) is 2.41. The van der Waals surface area contributed by atoms with Gasteiger partial charge in [-0.1, -0.05) is 55.8 Å². The van der Waals surface area contributed by atoms with Crippen molar-refractivity contribution in [3.05, 3.63) is 64.4 Å². The van der Waals surface area contributed by atoms with Gasteiger partial charge in [0.1, 0.15) is 36.2 Å². The second-order valence-corrected chi connectivity index (χ2v) is 18.8. The van der Waals surface area contributed by atoms with E-state index in [1.165, 1.54) is 17.3 Å². The van der Waals surface area contributed by atoms with Crippen LogP contribution in [-0.2, 0) is 25.1 Å². The lowest BCUT2D eigenvalue weighted by molar-refractivity contribution is -0.139. The van der Waals surface area contributed by atoms with Crippen LogP contribution in [0.25, 0.3) is 10.9 Å². The van der Waals surface area contributed by atoms with Crippen LogP contribution in [0.4, 0.5) is 13.6 Å². The summed E-state index contributed by atoms with van der Waals surface area (Å²) < 4.78 is 56.1. The van der Waals surface area contributed by atoms with E-state index in [0.717, 1.165) is 69.1 Å². The number of aromatic nitrogens is 2. The van der Waals surface area contributed by atoms with Gasteiger partial charge in [-0.15, -0.1) is 0 Å². The van der Waals surface area contributed by atoms with Gasteiger partial charge >= 0.3 is 6.09 Å². The van der Waals surface area contributed by atoms with Gasteiger partial charge in [0.2, 0.25) is 19.2 Å². The van der Waals surface area contributed by atoms with Crippen molar-refractivity contribution in [2.24, 2.45) is 5.92 Å². The molecule has 2 amide bonds. The second-order valence-electron chi connectivity index (χ2n) is 15.8. The van der Waals surface area contributed by atoms with E-state index in [-0.39, 0.29) is 43.7 Å². The molecule has 2 saturated carbocycles. The maximum atomic E-state index is 14.8. The minimum absolute atomic E-state index is 0.0240.